The Kier molecular flexibility index (Phi) is 4.92. The molecule has 0 aliphatic carbocycles. The van der Waals surface area contributed by atoms with Crippen LogP contribution in [0, 0.1) is 0 Å². The number of halogens is 1. The number of nitrogens with one attached hydrogen (secondary N) is 1. The van der Waals surface area contributed by atoms with E-state index in [1.165, 1.54) is 5.56 Å². The van der Waals surface area contributed by atoms with Gasteiger partial charge >= 0.3 is 0 Å². The first kappa shape index (κ1) is 15.9. The van der Waals surface area contributed by atoms with Crippen LogP contribution in [0.25, 0.3) is 0 Å². The molecule has 112 valence electrons. The zero-order valence-corrected chi connectivity index (χ0v) is 13.5. The first-order valence-corrected chi connectivity index (χ1v) is 7.52. The van der Waals surface area contributed by atoms with Gasteiger partial charge in [-0.25, -0.2) is 0 Å². The zero-order chi connectivity index (χ0) is 15.5. The number of aliphatic hydroxyl groups excluding tert-OH is 1. The minimum atomic E-state index is -0.551. The van der Waals surface area contributed by atoms with Gasteiger partial charge in [-0.3, -0.25) is 0 Å². The van der Waals surface area contributed by atoms with Crippen LogP contribution in [0.1, 0.15) is 38.0 Å². The van der Waals surface area contributed by atoms with Gasteiger partial charge in [0.2, 0.25) is 0 Å². The van der Waals surface area contributed by atoms with Gasteiger partial charge in [0.15, 0.2) is 0 Å². The number of hydrogen-bond acceptors (Lipinski definition) is 2. The average molecular weight is 304 g/mol. The third-order valence-electron chi connectivity index (χ3n) is 3.51. The monoisotopic (exact) mass is 303 g/mol. The lowest BCUT2D eigenvalue weighted by molar-refractivity contribution is 0.191. The molecule has 2 rings (SSSR count). The first-order valence-electron chi connectivity index (χ1n) is 7.14. The lowest BCUT2D eigenvalue weighted by Gasteiger charge is -2.19. The van der Waals surface area contributed by atoms with Crippen molar-refractivity contribution in [3.63, 3.8) is 0 Å². The maximum atomic E-state index is 10.2. The predicted octanol–water partition coefficient (Wildman–Crippen LogP) is 4.78. The molecule has 0 saturated heterocycles. The molecule has 0 radical (unpaired) electrons. The van der Waals surface area contributed by atoms with Crippen molar-refractivity contribution in [2.75, 3.05) is 11.9 Å². The topological polar surface area (TPSA) is 32.3 Å². The predicted molar refractivity (Wildman–Crippen MR) is 90.0 cm³/mol. The van der Waals surface area contributed by atoms with Crippen LogP contribution >= 0.6 is 11.6 Å². The summed E-state index contributed by atoms with van der Waals surface area (Å²) in [6.45, 7) is 7.05. The molecule has 1 atom stereocenters. The quantitative estimate of drug-likeness (QED) is 0.851. The fourth-order valence-electron chi connectivity index (χ4n) is 2.11. The molecular weight excluding hydrogens is 282 g/mol. The second-order valence-electron chi connectivity index (χ2n) is 6.28. The van der Waals surface area contributed by atoms with E-state index in [1.807, 2.05) is 12.1 Å². The summed E-state index contributed by atoms with van der Waals surface area (Å²) < 4.78 is 0. The normalized spacial score (nSPS) is 13.0. The molecular formula is C18H22ClNO. The molecule has 2 aromatic carbocycles. The van der Waals surface area contributed by atoms with E-state index in [-0.39, 0.29) is 5.41 Å². The Bertz CT molecular complexity index is 570. The highest BCUT2D eigenvalue weighted by Crippen LogP contribution is 2.24. The number of anilines is 1. The molecule has 21 heavy (non-hydrogen) atoms. The minimum absolute atomic E-state index is 0.154. The van der Waals surface area contributed by atoms with Gasteiger partial charge in [-0.05, 0) is 40.8 Å². The van der Waals surface area contributed by atoms with Crippen molar-refractivity contribution >= 4 is 17.3 Å². The van der Waals surface area contributed by atoms with Crippen LogP contribution in [0.4, 0.5) is 5.69 Å². The molecule has 0 bridgehead atoms. The van der Waals surface area contributed by atoms with Gasteiger partial charge in [-0.1, -0.05) is 56.6 Å². The van der Waals surface area contributed by atoms with Gasteiger partial charge in [0, 0.05) is 17.3 Å². The van der Waals surface area contributed by atoms with Crippen LogP contribution in [-0.2, 0) is 5.41 Å². The lowest BCUT2D eigenvalue weighted by Crippen LogP contribution is -2.13. The van der Waals surface area contributed by atoms with Gasteiger partial charge in [0.05, 0.1) is 6.10 Å². The summed E-state index contributed by atoms with van der Waals surface area (Å²) in [7, 11) is 0. The standard InChI is InChI=1S/C18H22ClNO/c1-18(2,3)14-6-10-16(11-7-14)20-12-17(21)13-4-8-15(19)9-5-13/h4-11,17,20-21H,12H2,1-3H3. The van der Waals surface area contributed by atoms with Crippen LogP contribution in [0.15, 0.2) is 48.5 Å². The summed E-state index contributed by atoms with van der Waals surface area (Å²) in [4.78, 5) is 0. The van der Waals surface area contributed by atoms with E-state index in [0.29, 0.717) is 11.6 Å². The molecule has 2 aromatic rings. The Morgan fingerprint density at radius 1 is 1.00 bits per heavy atom. The van der Waals surface area contributed by atoms with E-state index < -0.39 is 6.10 Å². The number of rotatable bonds is 4. The Balaban J connectivity index is 1.95. The number of benzene rings is 2. The molecule has 0 aromatic heterocycles. The molecule has 0 aliphatic heterocycles. The van der Waals surface area contributed by atoms with E-state index in [9.17, 15) is 5.11 Å². The molecule has 0 saturated carbocycles. The van der Waals surface area contributed by atoms with E-state index >= 15 is 0 Å². The van der Waals surface area contributed by atoms with E-state index in [0.717, 1.165) is 11.3 Å². The molecule has 0 fully saturated rings. The summed E-state index contributed by atoms with van der Waals surface area (Å²) in [6.07, 6.45) is -0.551. The summed E-state index contributed by atoms with van der Waals surface area (Å²) in [5.74, 6) is 0. The third kappa shape index (κ3) is 4.48. The van der Waals surface area contributed by atoms with Gasteiger partial charge in [-0.2, -0.15) is 0 Å². The van der Waals surface area contributed by atoms with Gasteiger partial charge in [0.25, 0.3) is 0 Å². The third-order valence-corrected chi connectivity index (χ3v) is 3.76. The Morgan fingerprint density at radius 3 is 2.10 bits per heavy atom. The highest BCUT2D eigenvalue weighted by molar-refractivity contribution is 6.30. The zero-order valence-electron chi connectivity index (χ0n) is 12.7. The van der Waals surface area contributed by atoms with Crippen LogP contribution in [-0.4, -0.2) is 11.7 Å². The fraction of sp³-hybridized carbons (Fsp3) is 0.333. The lowest BCUT2D eigenvalue weighted by atomic mass is 9.87. The van der Waals surface area contributed by atoms with Gasteiger partial charge in [-0.15, -0.1) is 0 Å². The smallest absolute Gasteiger partial charge is 0.0962 e. The maximum absolute atomic E-state index is 10.2. The molecule has 0 spiro atoms. The molecule has 2 N–H and O–H groups in total. The van der Waals surface area contributed by atoms with Crippen molar-refractivity contribution in [2.24, 2.45) is 0 Å². The van der Waals surface area contributed by atoms with Crippen molar-refractivity contribution in [2.45, 2.75) is 32.3 Å². The summed E-state index contributed by atoms with van der Waals surface area (Å²) in [5.41, 5.74) is 3.32. The van der Waals surface area contributed by atoms with Crippen LogP contribution in [0.2, 0.25) is 5.02 Å². The van der Waals surface area contributed by atoms with E-state index in [4.69, 9.17) is 11.6 Å². The van der Waals surface area contributed by atoms with E-state index in [2.05, 4.69) is 50.4 Å². The Labute approximate surface area is 131 Å². The first-order chi connectivity index (χ1) is 9.86. The maximum Gasteiger partial charge on any atom is 0.0962 e. The molecule has 0 heterocycles. The second-order valence-corrected chi connectivity index (χ2v) is 6.71. The average Bonchev–Trinajstić information content (AvgIpc) is 2.45. The molecule has 1 unspecified atom stereocenters. The molecule has 0 amide bonds. The van der Waals surface area contributed by atoms with Crippen molar-refractivity contribution in [1.29, 1.82) is 0 Å². The minimum Gasteiger partial charge on any atom is -0.387 e. The SMILES string of the molecule is CC(C)(C)c1ccc(NCC(O)c2ccc(Cl)cc2)cc1. The second kappa shape index (κ2) is 6.50. The largest absolute Gasteiger partial charge is 0.387 e. The fourth-order valence-corrected chi connectivity index (χ4v) is 2.23. The summed E-state index contributed by atoms with van der Waals surface area (Å²) >= 11 is 5.84. The van der Waals surface area contributed by atoms with E-state index in [1.54, 1.807) is 12.1 Å². The Hall–Kier alpha value is -1.51. The highest BCUT2D eigenvalue weighted by atomic mass is 35.5. The van der Waals surface area contributed by atoms with Crippen molar-refractivity contribution < 1.29 is 5.11 Å². The van der Waals surface area contributed by atoms with Crippen LogP contribution in [0.3, 0.4) is 0 Å². The van der Waals surface area contributed by atoms with Crippen molar-refractivity contribution in [3.8, 4) is 0 Å². The summed E-state index contributed by atoms with van der Waals surface area (Å²) in [6, 6.07) is 15.6. The molecule has 0 aliphatic rings. The van der Waals surface area contributed by atoms with Crippen molar-refractivity contribution in [1.82, 2.24) is 0 Å². The van der Waals surface area contributed by atoms with Gasteiger partial charge in [0.1, 0.15) is 0 Å². The highest BCUT2D eigenvalue weighted by Gasteiger charge is 2.13. The van der Waals surface area contributed by atoms with Crippen LogP contribution in [0.5, 0.6) is 0 Å². The van der Waals surface area contributed by atoms with Gasteiger partial charge < -0.3 is 10.4 Å². The molecule has 2 nitrogen and oxygen atoms in total. The number of aliphatic hydroxyl groups is 1. The van der Waals surface area contributed by atoms with Crippen molar-refractivity contribution in [3.05, 3.63) is 64.7 Å². The summed E-state index contributed by atoms with van der Waals surface area (Å²) in [5, 5.41) is 14.1. The molecule has 3 heteroatoms. The van der Waals surface area contributed by atoms with Crippen LogP contribution < -0.4 is 5.32 Å². The number of hydrogen-bond donors (Lipinski definition) is 2. The Morgan fingerprint density at radius 2 is 1.57 bits per heavy atom.